The van der Waals surface area contributed by atoms with E-state index in [9.17, 15) is 19.2 Å². The summed E-state index contributed by atoms with van der Waals surface area (Å²) in [6.45, 7) is 9.06. The fourth-order valence-corrected chi connectivity index (χ4v) is 5.09. The summed E-state index contributed by atoms with van der Waals surface area (Å²) < 4.78 is 32.7. The van der Waals surface area contributed by atoms with Crippen molar-refractivity contribution in [3.63, 3.8) is 0 Å². The number of ether oxygens (including phenoxy) is 6. The van der Waals surface area contributed by atoms with E-state index in [0.717, 1.165) is 70.8 Å². The second-order valence-electron chi connectivity index (χ2n) is 12.5. The van der Waals surface area contributed by atoms with E-state index in [1.165, 1.54) is 0 Å². The first kappa shape index (κ1) is 50.0. The molecule has 1 atom stereocenters. The van der Waals surface area contributed by atoms with Crippen molar-refractivity contribution in [3.8, 4) is 0 Å². The number of rotatable bonds is 41. The molecule has 0 aromatic heterocycles. The maximum Gasteiger partial charge on any atom is 0.303 e. The Hall–Kier alpha value is -2.01. The molecule has 0 aromatic carbocycles. The van der Waals surface area contributed by atoms with Crippen LogP contribution in [0.2, 0.25) is 0 Å². The molecule has 1 unspecified atom stereocenters. The summed E-state index contributed by atoms with van der Waals surface area (Å²) in [6, 6.07) is -0.305. The van der Waals surface area contributed by atoms with Gasteiger partial charge < -0.3 is 49.5 Å². The molecule has 0 aliphatic rings. The van der Waals surface area contributed by atoms with Crippen LogP contribution in [0.5, 0.6) is 0 Å². The topological polar surface area (TPSA) is 180 Å². The predicted molar refractivity (Wildman–Crippen MR) is 204 cm³/mol. The third-order valence-corrected chi connectivity index (χ3v) is 7.95. The number of carboxylic acids is 1. The zero-order valence-electron chi connectivity index (χ0n) is 32.0. The van der Waals surface area contributed by atoms with Gasteiger partial charge in [-0.25, -0.2) is 0 Å². The van der Waals surface area contributed by atoms with E-state index < -0.39 is 5.97 Å². The number of carbonyl (C=O) groups excluding carboxylic acids is 3. The summed E-state index contributed by atoms with van der Waals surface area (Å²) >= 11 is 4.08. The van der Waals surface area contributed by atoms with E-state index in [-0.39, 0.29) is 43.0 Å². The second-order valence-corrected chi connectivity index (χ2v) is 13.0. The van der Waals surface area contributed by atoms with Crippen LogP contribution in [0.15, 0.2) is 0 Å². The van der Waals surface area contributed by atoms with Crippen LogP contribution in [-0.2, 0) is 47.6 Å². The molecular formula is C37H71N3O11S. The molecule has 0 bridgehead atoms. The van der Waals surface area contributed by atoms with E-state index in [2.05, 4.69) is 35.5 Å². The van der Waals surface area contributed by atoms with Gasteiger partial charge in [0, 0.05) is 70.4 Å². The van der Waals surface area contributed by atoms with Gasteiger partial charge in [0.2, 0.25) is 17.7 Å². The molecule has 14 nitrogen and oxygen atoms in total. The van der Waals surface area contributed by atoms with Crippen LogP contribution < -0.4 is 16.0 Å². The van der Waals surface area contributed by atoms with Gasteiger partial charge in [-0.2, -0.15) is 12.6 Å². The Bertz CT molecular complexity index is 858. The van der Waals surface area contributed by atoms with Crippen molar-refractivity contribution in [3.05, 3.63) is 0 Å². The summed E-state index contributed by atoms with van der Waals surface area (Å²) in [5, 5.41) is 17.5. The van der Waals surface area contributed by atoms with Crippen molar-refractivity contribution < 1.29 is 52.7 Å². The summed E-state index contributed by atoms with van der Waals surface area (Å²) in [6.07, 6.45) is 11.3. The Morgan fingerprint density at radius 3 is 1.40 bits per heavy atom. The highest BCUT2D eigenvalue weighted by Gasteiger charge is 2.16. The lowest BCUT2D eigenvalue weighted by Gasteiger charge is -2.19. The maximum absolute atomic E-state index is 12.8. The van der Waals surface area contributed by atoms with E-state index in [4.69, 9.17) is 33.5 Å². The molecule has 0 saturated heterocycles. The number of unbranched alkanes of at least 4 members (excludes halogenated alkanes) is 7. The molecule has 0 aliphatic heterocycles. The average molecular weight is 766 g/mol. The first-order chi connectivity index (χ1) is 25.4. The SMILES string of the molecule is CCCOCCCOCCOCCNC(=O)CCC(CCC(=O)NCCOCCOCCOCCS)NC(=O)CCCCCCCCCCC(=O)O. The Labute approximate surface area is 318 Å². The highest BCUT2D eigenvalue weighted by Crippen LogP contribution is 2.12. The van der Waals surface area contributed by atoms with Gasteiger partial charge in [-0.05, 0) is 38.5 Å². The smallest absolute Gasteiger partial charge is 0.303 e. The maximum atomic E-state index is 12.8. The molecule has 0 rings (SSSR count). The minimum absolute atomic E-state index is 0.0764. The van der Waals surface area contributed by atoms with Crippen molar-refractivity contribution >= 4 is 36.3 Å². The lowest BCUT2D eigenvalue weighted by atomic mass is 10.0. The fraction of sp³-hybridized carbons (Fsp3) is 0.892. The van der Waals surface area contributed by atoms with Crippen LogP contribution in [0.3, 0.4) is 0 Å². The monoisotopic (exact) mass is 765 g/mol. The second kappa shape index (κ2) is 40.2. The number of amides is 3. The van der Waals surface area contributed by atoms with Crippen LogP contribution in [0.4, 0.5) is 0 Å². The van der Waals surface area contributed by atoms with E-state index in [1.54, 1.807) is 0 Å². The average Bonchev–Trinajstić information content (AvgIpc) is 3.12. The van der Waals surface area contributed by atoms with Crippen LogP contribution in [0.25, 0.3) is 0 Å². The lowest BCUT2D eigenvalue weighted by molar-refractivity contribution is -0.137. The standard InChI is InChI=1S/C37H71N3O11S/c1-2-20-46-21-11-22-47-25-26-48-23-18-38-34(41)16-14-33(40-36(43)12-9-7-5-3-4-6-8-10-13-37(44)45)15-17-35(42)39-19-24-49-27-28-50-29-30-51-31-32-52/h33,52H,2-32H2,1H3,(H,38,41)(H,39,42)(H,40,43)(H,44,45). The molecule has 4 N–H and O–H groups in total. The number of carboxylic acid groups (broad SMARTS) is 1. The van der Waals surface area contributed by atoms with Crippen molar-refractivity contribution in [2.75, 3.05) is 98.1 Å². The van der Waals surface area contributed by atoms with Gasteiger partial charge in [-0.1, -0.05) is 45.4 Å². The minimum atomic E-state index is -0.744. The Morgan fingerprint density at radius 2 is 0.923 bits per heavy atom. The molecular weight excluding hydrogens is 694 g/mol. The molecule has 0 saturated carbocycles. The molecule has 0 fully saturated rings. The van der Waals surface area contributed by atoms with Crippen LogP contribution in [0, 0.1) is 0 Å². The predicted octanol–water partition coefficient (Wildman–Crippen LogP) is 4.08. The third-order valence-electron chi connectivity index (χ3n) is 7.76. The number of carbonyl (C=O) groups is 4. The highest BCUT2D eigenvalue weighted by atomic mass is 32.1. The molecule has 3 amide bonds. The van der Waals surface area contributed by atoms with Gasteiger partial charge in [-0.15, -0.1) is 0 Å². The summed E-state index contributed by atoms with van der Waals surface area (Å²) in [4.78, 5) is 48.4. The quantitative estimate of drug-likeness (QED) is 0.0448. The van der Waals surface area contributed by atoms with Crippen molar-refractivity contribution in [2.45, 2.75) is 116 Å². The molecule has 52 heavy (non-hydrogen) atoms. The van der Waals surface area contributed by atoms with E-state index >= 15 is 0 Å². The van der Waals surface area contributed by atoms with E-state index in [1.807, 2.05) is 0 Å². The Balaban J connectivity index is 4.33. The zero-order chi connectivity index (χ0) is 38.2. The summed E-state index contributed by atoms with van der Waals surface area (Å²) in [5.74, 6) is -0.419. The van der Waals surface area contributed by atoms with Crippen LogP contribution in [0.1, 0.15) is 110 Å². The number of thiol groups is 1. The molecule has 0 radical (unpaired) electrons. The van der Waals surface area contributed by atoms with Crippen molar-refractivity contribution in [1.82, 2.24) is 16.0 Å². The Morgan fingerprint density at radius 1 is 0.500 bits per heavy atom. The normalized spacial score (nSPS) is 11.7. The van der Waals surface area contributed by atoms with Crippen molar-refractivity contribution in [2.24, 2.45) is 0 Å². The fourth-order valence-electron chi connectivity index (χ4n) is 4.96. The molecule has 306 valence electrons. The van der Waals surface area contributed by atoms with Gasteiger partial charge in [0.1, 0.15) is 0 Å². The van der Waals surface area contributed by atoms with Crippen molar-refractivity contribution in [1.29, 1.82) is 0 Å². The molecule has 0 aliphatic carbocycles. The molecule has 0 heterocycles. The zero-order valence-corrected chi connectivity index (χ0v) is 32.9. The van der Waals surface area contributed by atoms with Gasteiger partial charge in [-0.3, -0.25) is 19.2 Å². The largest absolute Gasteiger partial charge is 0.481 e. The molecule has 15 heteroatoms. The minimum Gasteiger partial charge on any atom is -0.481 e. The van der Waals surface area contributed by atoms with E-state index in [0.29, 0.717) is 111 Å². The van der Waals surface area contributed by atoms with Crippen LogP contribution >= 0.6 is 12.6 Å². The highest BCUT2D eigenvalue weighted by molar-refractivity contribution is 7.80. The first-order valence-corrected chi connectivity index (χ1v) is 20.1. The molecule has 0 aromatic rings. The summed E-state index contributed by atoms with van der Waals surface area (Å²) in [5.41, 5.74) is 0. The number of hydrogen-bond donors (Lipinski definition) is 5. The van der Waals surface area contributed by atoms with Gasteiger partial charge >= 0.3 is 5.97 Å². The third kappa shape index (κ3) is 39.2. The lowest BCUT2D eigenvalue weighted by Crippen LogP contribution is -2.38. The number of hydrogen-bond acceptors (Lipinski definition) is 11. The van der Waals surface area contributed by atoms with Gasteiger partial charge in [0.25, 0.3) is 0 Å². The number of aliphatic carboxylic acids is 1. The van der Waals surface area contributed by atoms with Gasteiger partial charge in [0.05, 0.1) is 59.5 Å². The van der Waals surface area contributed by atoms with Gasteiger partial charge in [0.15, 0.2) is 0 Å². The summed E-state index contributed by atoms with van der Waals surface area (Å²) in [7, 11) is 0. The first-order valence-electron chi connectivity index (χ1n) is 19.5. The van der Waals surface area contributed by atoms with Crippen LogP contribution in [-0.4, -0.2) is 133 Å². The number of nitrogens with one attached hydrogen (secondary N) is 3. The molecule has 0 spiro atoms. The Kier molecular flexibility index (Phi) is 38.6.